The first-order valence-electron chi connectivity index (χ1n) is 6.14. The summed E-state index contributed by atoms with van der Waals surface area (Å²) >= 11 is 5.10. The molecule has 0 aliphatic carbocycles. The number of thiazole rings is 1. The third-order valence-electron chi connectivity index (χ3n) is 3.00. The first kappa shape index (κ1) is 13.5. The number of fused-ring (bicyclic) bond motifs is 1. The molecular weight excluding hydrogens is 338 g/mol. The first-order valence-corrected chi connectivity index (χ1v) is 8.15. The summed E-state index contributed by atoms with van der Waals surface area (Å²) in [6.45, 7) is 0. The molecule has 0 aliphatic heterocycles. The SMILES string of the molecule is CN(C)c1cccc(Oc2nc3sccn3c2CBr)c1. The number of halogens is 1. The molecule has 0 saturated heterocycles. The van der Waals surface area contributed by atoms with E-state index in [1.165, 1.54) is 0 Å². The van der Waals surface area contributed by atoms with Gasteiger partial charge < -0.3 is 9.64 Å². The molecule has 0 bridgehead atoms. The molecule has 0 radical (unpaired) electrons. The Balaban J connectivity index is 1.96. The van der Waals surface area contributed by atoms with Crippen molar-refractivity contribution in [3.05, 3.63) is 41.5 Å². The Bertz CT molecular complexity index is 735. The minimum absolute atomic E-state index is 0.657. The lowest BCUT2D eigenvalue weighted by Gasteiger charge is -2.13. The molecule has 0 aliphatic rings. The van der Waals surface area contributed by atoms with Gasteiger partial charge in [-0.3, -0.25) is 4.40 Å². The van der Waals surface area contributed by atoms with Crippen molar-refractivity contribution in [2.24, 2.45) is 0 Å². The van der Waals surface area contributed by atoms with Crippen LogP contribution in [0.25, 0.3) is 4.96 Å². The molecule has 3 aromatic rings. The summed E-state index contributed by atoms with van der Waals surface area (Å²) in [5.74, 6) is 1.45. The van der Waals surface area contributed by atoms with Crippen LogP contribution in [0.2, 0.25) is 0 Å². The van der Waals surface area contributed by atoms with Gasteiger partial charge in [-0.05, 0) is 12.1 Å². The second kappa shape index (κ2) is 5.46. The Kier molecular flexibility index (Phi) is 3.67. The van der Waals surface area contributed by atoms with Crippen molar-refractivity contribution in [1.82, 2.24) is 9.38 Å². The van der Waals surface area contributed by atoms with Crippen LogP contribution >= 0.6 is 27.3 Å². The van der Waals surface area contributed by atoms with E-state index in [-0.39, 0.29) is 0 Å². The molecule has 0 unspecified atom stereocenters. The highest BCUT2D eigenvalue weighted by Crippen LogP contribution is 2.30. The lowest BCUT2D eigenvalue weighted by Crippen LogP contribution is -2.08. The van der Waals surface area contributed by atoms with E-state index in [2.05, 4.69) is 20.9 Å². The number of ether oxygens (including phenoxy) is 1. The molecule has 20 heavy (non-hydrogen) atoms. The lowest BCUT2D eigenvalue weighted by atomic mass is 10.3. The van der Waals surface area contributed by atoms with Gasteiger partial charge in [0.25, 0.3) is 0 Å². The molecule has 104 valence electrons. The van der Waals surface area contributed by atoms with E-state index in [1.807, 2.05) is 59.2 Å². The van der Waals surface area contributed by atoms with Crippen molar-refractivity contribution in [2.75, 3.05) is 19.0 Å². The van der Waals surface area contributed by atoms with Crippen LogP contribution in [0.15, 0.2) is 35.8 Å². The number of anilines is 1. The fourth-order valence-corrected chi connectivity index (χ4v) is 3.19. The Morgan fingerprint density at radius 3 is 3.00 bits per heavy atom. The maximum atomic E-state index is 5.95. The van der Waals surface area contributed by atoms with E-state index in [4.69, 9.17) is 4.74 Å². The van der Waals surface area contributed by atoms with Gasteiger partial charge in [0, 0.05) is 42.8 Å². The summed E-state index contributed by atoms with van der Waals surface area (Å²) < 4.78 is 8.00. The Labute approximate surface area is 129 Å². The zero-order chi connectivity index (χ0) is 14.1. The summed E-state index contributed by atoms with van der Waals surface area (Å²) in [6.07, 6.45) is 2.01. The van der Waals surface area contributed by atoms with Crippen molar-refractivity contribution in [2.45, 2.75) is 5.33 Å². The first-order chi connectivity index (χ1) is 9.69. The van der Waals surface area contributed by atoms with Gasteiger partial charge in [0.1, 0.15) is 5.75 Å². The number of alkyl halides is 1. The molecule has 2 aromatic heterocycles. The van der Waals surface area contributed by atoms with Crippen LogP contribution in [-0.4, -0.2) is 23.5 Å². The molecular formula is C14H14BrN3OS. The number of nitrogens with zero attached hydrogens (tertiary/aromatic N) is 3. The molecule has 0 saturated carbocycles. The van der Waals surface area contributed by atoms with Crippen molar-refractivity contribution >= 4 is 37.9 Å². The molecule has 0 spiro atoms. The van der Waals surface area contributed by atoms with Crippen LogP contribution in [0.5, 0.6) is 11.6 Å². The maximum absolute atomic E-state index is 5.95. The van der Waals surface area contributed by atoms with Crippen molar-refractivity contribution in [3.63, 3.8) is 0 Å². The summed E-state index contributed by atoms with van der Waals surface area (Å²) in [4.78, 5) is 7.52. The summed E-state index contributed by atoms with van der Waals surface area (Å²) in [6, 6.07) is 7.98. The highest BCUT2D eigenvalue weighted by atomic mass is 79.9. The zero-order valence-electron chi connectivity index (χ0n) is 11.2. The van der Waals surface area contributed by atoms with Gasteiger partial charge in [-0.1, -0.05) is 22.0 Å². The molecule has 0 amide bonds. The fourth-order valence-electron chi connectivity index (χ4n) is 1.95. The lowest BCUT2D eigenvalue weighted by molar-refractivity contribution is 0.462. The monoisotopic (exact) mass is 351 g/mol. The highest BCUT2D eigenvalue weighted by molar-refractivity contribution is 9.08. The standard InChI is InChI=1S/C14H14BrN3OS/c1-17(2)10-4-3-5-11(8-10)19-13-12(9-15)18-6-7-20-14(18)16-13/h3-8H,9H2,1-2H3. The average molecular weight is 352 g/mol. The van der Waals surface area contributed by atoms with Crippen molar-refractivity contribution < 1.29 is 4.74 Å². The van der Waals surface area contributed by atoms with E-state index in [0.29, 0.717) is 11.2 Å². The van der Waals surface area contributed by atoms with Gasteiger partial charge in [0.15, 0.2) is 4.96 Å². The van der Waals surface area contributed by atoms with Gasteiger partial charge >= 0.3 is 0 Å². The minimum Gasteiger partial charge on any atom is -0.437 e. The summed E-state index contributed by atoms with van der Waals surface area (Å²) in [5, 5.41) is 2.72. The van der Waals surface area contributed by atoms with Gasteiger partial charge in [-0.15, -0.1) is 11.3 Å². The Morgan fingerprint density at radius 2 is 2.25 bits per heavy atom. The molecule has 0 fully saturated rings. The van der Waals surface area contributed by atoms with Crippen LogP contribution in [0, 0.1) is 0 Å². The van der Waals surface area contributed by atoms with Gasteiger partial charge in [-0.25, -0.2) is 0 Å². The average Bonchev–Trinajstić information content (AvgIpc) is 2.99. The van der Waals surface area contributed by atoms with E-state index in [0.717, 1.165) is 22.1 Å². The van der Waals surface area contributed by atoms with Crippen LogP contribution in [0.3, 0.4) is 0 Å². The molecule has 1 aromatic carbocycles. The molecule has 2 heterocycles. The number of aromatic nitrogens is 2. The van der Waals surface area contributed by atoms with E-state index in [1.54, 1.807) is 11.3 Å². The molecule has 0 atom stereocenters. The molecule has 6 heteroatoms. The number of rotatable bonds is 4. The minimum atomic E-state index is 0.657. The number of benzene rings is 1. The largest absolute Gasteiger partial charge is 0.437 e. The predicted molar refractivity (Wildman–Crippen MR) is 86.5 cm³/mol. The van der Waals surface area contributed by atoms with Crippen LogP contribution in [-0.2, 0) is 5.33 Å². The third-order valence-corrected chi connectivity index (χ3v) is 4.29. The normalized spacial score (nSPS) is 10.9. The van der Waals surface area contributed by atoms with Gasteiger partial charge in [0.2, 0.25) is 5.88 Å². The summed E-state index contributed by atoms with van der Waals surface area (Å²) in [5.41, 5.74) is 2.13. The highest BCUT2D eigenvalue weighted by Gasteiger charge is 2.14. The fraction of sp³-hybridized carbons (Fsp3) is 0.214. The predicted octanol–water partition coefficient (Wildman–Crippen LogP) is 4.15. The van der Waals surface area contributed by atoms with E-state index < -0.39 is 0 Å². The smallest absolute Gasteiger partial charge is 0.243 e. The Morgan fingerprint density at radius 1 is 1.40 bits per heavy atom. The van der Waals surface area contributed by atoms with Gasteiger partial charge in [-0.2, -0.15) is 4.98 Å². The second-order valence-electron chi connectivity index (χ2n) is 4.55. The van der Waals surface area contributed by atoms with E-state index >= 15 is 0 Å². The van der Waals surface area contributed by atoms with Crippen molar-refractivity contribution in [1.29, 1.82) is 0 Å². The zero-order valence-corrected chi connectivity index (χ0v) is 13.6. The van der Waals surface area contributed by atoms with E-state index in [9.17, 15) is 0 Å². The second-order valence-corrected chi connectivity index (χ2v) is 5.98. The van der Waals surface area contributed by atoms with Crippen LogP contribution < -0.4 is 9.64 Å². The quantitative estimate of drug-likeness (QED) is 0.661. The molecule has 0 N–H and O–H groups in total. The summed E-state index contributed by atoms with van der Waals surface area (Å²) in [7, 11) is 4.02. The molecule has 3 rings (SSSR count). The number of hydrogen-bond acceptors (Lipinski definition) is 4. The Hall–Kier alpha value is -1.53. The number of imidazole rings is 1. The maximum Gasteiger partial charge on any atom is 0.243 e. The third kappa shape index (κ3) is 2.41. The van der Waals surface area contributed by atoms with Crippen LogP contribution in [0.1, 0.15) is 5.69 Å². The topological polar surface area (TPSA) is 29.8 Å². The van der Waals surface area contributed by atoms with Gasteiger partial charge in [0.05, 0.1) is 5.69 Å². The molecule has 4 nitrogen and oxygen atoms in total. The van der Waals surface area contributed by atoms with Crippen molar-refractivity contribution in [3.8, 4) is 11.6 Å². The van der Waals surface area contributed by atoms with Crippen LogP contribution in [0.4, 0.5) is 5.69 Å². The number of hydrogen-bond donors (Lipinski definition) is 0.